The molecule has 4 heteroatoms. The fraction of sp³-hybridized carbons (Fsp3) is 0.647. The first-order valence-corrected chi connectivity index (χ1v) is 8.39. The number of rotatable bonds is 6. The minimum atomic E-state index is 0.412. The van der Waals surface area contributed by atoms with E-state index < -0.39 is 0 Å². The lowest BCUT2D eigenvalue weighted by Crippen LogP contribution is -2.25. The van der Waals surface area contributed by atoms with E-state index in [9.17, 15) is 0 Å². The Labute approximate surface area is 127 Å². The first-order valence-electron chi connectivity index (χ1n) is 8.39. The molecule has 3 rings (SSSR count). The van der Waals surface area contributed by atoms with Crippen LogP contribution in [0.1, 0.15) is 63.5 Å². The van der Waals surface area contributed by atoms with Crippen LogP contribution in [0.15, 0.2) is 24.8 Å². The number of fused-ring (bicyclic) bond motifs is 1. The summed E-state index contributed by atoms with van der Waals surface area (Å²) < 4.78 is 1.93. The van der Waals surface area contributed by atoms with Gasteiger partial charge in [-0.15, -0.1) is 0 Å². The van der Waals surface area contributed by atoms with Gasteiger partial charge in [-0.05, 0) is 25.3 Å². The highest BCUT2D eigenvalue weighted by Crippen LogP contribution is 2.33. The van der Waals surface area contributed by atoms with Crippen molar-refractivity contribution in [3.8, 4) is 0 Å². The van der Waals surface area contributed by atoms with Gasteiger partial charge in [0, 0.05) is 24.0 Å². The molecule has 1 N–H and O–H groups in total. The van der Waals surface area contributed by atoms with Crippen LogP contribution in [-0.2, 0) is 0 Å². The molecule has 2 aromatic rings. The molecule has 1 atom stereocenters. The third kappa shape index (κ3) is 3.43. The van der Waals surface area contributed by atoms with Gasteiger partial charge in [-0.2, -0.15) is 5.10 Å². The lowest BCUT2D eigenvalue weighted by atomic mass is 9.83. The lowest BCUT2D eigenvalue weighted by Gasteiger charge is -2.27. The lowest BCUT2D eigenvalue weighted by molar-refractivity contribution is 0.300. The summed E-state index contributed by atoms with van der Waals surface area (Å²) in [7, 11) is 0. The van der Waals surface area contributed by atoms with Gasteiger partial charge in [-0.1, -0.05) is 39.0 Å². The normalized spacial score (nSPS) is 18.1. The van der Waals surface area contributed by atoms with Gasteiger partial charge in [-0.25, -0.2) is 4.52 Å². The first-order chi connectivity index (χ1) is 10.4. The molecule has 2 aromatic heterocycles. The molecule has 0 bridgehead atoms. The molecular weight excluding hydrogens is 260 g/mol. The van der Waals surface area contributed by atoms with Gasteiger partial charge >= 0.3 is 0 Å². The van der Waals surface area contributed by atoms with E-state index in [4.69, 9.17) is 0 Å². The van der Waals surface area contributed by atoms with Gasteiger partial charge in [-0.3, -0.25) is 4.98 Å². The van der Waals surface area contributed by atoms with Crippen LogP contribution in [0.5, 0.6) is 0 Å². The summed E-state index contributed by atoms with van der Waals surface area (Å²) in [5.74, 6) is 0.861. The van der Waals surface area contributed by atoms with E-state index in [1.54, 1.807) is 6.20 Å². The highest BCUT2D eigenvalue weighted by molar-refractivity contribution is 5.53. The van der Waals surface area contributed by atoms with Crippen molar-refractivity contribution in [2.75, 3.05) is 6.54 Å². The van der Waals surface area contributed by atoms with E-state index in [0.29, 0.717) is 6.04 Å². The van der Waals surface area contributed by atoms with Crippen LogP contribution in [0.25, 0.3) is 5.52 Å². The van der Waals surface area contributed by atoms with E-state index in [-0.39, 0.29) is 0 Å². The average Bonchev–Trinajstić information content (AvgIpc) is 2.96. The molecule has 0 aromatic carbocycles. The summed E-state index contributed by atoms with van der Waals surface area (Å²) in [6, 6.07) is 0.412. The SMILES string of the molecule is CCCNC(CC1CCCCC1)c1cnn2ccncc12. The van der Waals surface area contributed by atoms with Gasteiger partial charge in [0.05, 0.1) is 17.9 Å². The Hall–Kier alpha value is -1.42. The summed E-state index contributed by atoms with van der Waals surface area (Å²) in [6.45, 7) is 3.29. The second-order valence-corrected chi connectivity index (χ2v) is 6.25. The molecule has 0 aliphatic heterocycles. The summed E-state index contributed by atoms with van der Waals surface area (Å²) in [6.07, 6.45) is 17.1. The maximum atomic E-state index is 4.48. The third-order valence-electron chi connectivity index (χ3n) is 4.66. The second-order valence-electron chi connectivity index (χ2n) is 6.25. The average molecular weight is 286 g/mol. The Morgan fingerprint density at radius 1 is 1.29 bits per heavy atom. The number of hydrogen-bond donors (Lipinski definition) is 1. The van der Waals surface area contributed by atoms with Gasteiger partial charge in [0.25, 0.3) is 0 Å². The number of nitrogens with zero attached hydrogens (tertiary/aromatic N) is 3. The predicted octanol–water partition coefficient (Wildman–Crippen LogP) is 3.74. The molecule has 1 saturated carbocycles. The van der Waals surface area contributed by atoms with Crippen molar-refractivity contribution in [3.05, 3.63) is 30.4 Å². The predicted molar refractivity (Wildman–Crippen MR) is 85.2 cm³/mol. The van der Waals surface area contributed by atoms with Crippen molar-refractivity contribution in [3.63, 3.8) is 0 Å². The van der Waals surface area contributed by atoms with Crippen molar-refractivity contribution >= 4 is 5.52 Å². The van der Waals surface area contributed by atoms with Crippen molar-refractivity contribution in [1.29, 1.82) is 0 Å². The molecule has 1 unspecified atom stereocenters. The monoisotopic (exact) mass is 286 g/mol. The summed E-state index contributed by atoms with van der Waals surface area (Å²) in [4.78, 5) is 4.27. The molecule has 114 valence electrons. The molecule has 2 heterocycles. The van der Waals surface area contributed by atoms with Gasteiger partial charge in [0.1, 0.15) is 0 Å². The number of aromatic nitrogens is 3. The maximum absolute atomic E-state index is 4.48. The molecular formula is C17H26N4. The molecule has 0 amide bonds. The number of nitrogens with one attached hydrogen (secondary N) is 1. The zero-order valence-corrected chi connectivity index (χ0v) is 13.0. The summed E-state index contributed by atoms with van der Waals surface area (Å²) >= 11 is 0. The minimum absolute atomic E-state index is 0.412. The molecule has 0 radical (unpaired) electrons. The molecule has 1 aliphatic rings. The smallest absolute Gasteiger partial charge is 0.0892 e. The highest BCUT2D eigenvalue weighted by Gasteiger charge is 2.22. The fourth-order valence-corrected chi connectivity index (χ4v) is 3.52. The Bertz CT molecular complexity index is 557. The topological polar surface area (TPSA) is 42.2 Å². The Kier molecular flexibility index (Phi) is 4.86. The van der Waals surface area contributed by atoms with E-state index in [2.05, 4.69) is 22.3 Å². The van der Waals surface area contributed by atoms with E-state index in [1.165, 1.54) is 50.5 Å². The van der Waals surface area contributed by atoms with Crippen LogP contribution >= 0.6 is 0 Å². The van der Waals surface area contributed by atoms with Crippen LogP contribution in [-0.4, -0.2) is 21.1 Å². The quantitative estimate of drug-likeness (QED) is 0.879. The Balaban J connectivity index is 1.80. The Morgan fingerprint density at radius 2 is 2.14 bits per heavy atom. The van der Waals surface area contributed by atoms with E-state index in [1.807, 2.05) is 23.1 Å². The van der Waals surface area contributed by atoms with Crippen LogP contribution in [0, 0.1) is 5.92 Å². The molecule has 4 nitrogen and oxygen atoms in total. The molecule has 0 saturated heterocycles. The fourth-order valence-electron chi connectivity index (χ4n) is 3.52. The highest BCUT2D eigenvalue weighted by atomic mass is 15.2. The zero-order valence-electron chi connectivity index (χ0n) is 13.0. The van der Waals surface area contributed by atoms with E-state index >= 15 is 0 Å². The minimum Gasteiger partial charge on any atom is -0.310 e. The molecule has 21 heavy (non-hydrogen) atoms. The van der Waals surface area contributed by atoms with Gasteiger partial charge < -0.3 is 5.32 Å². The van der Waals surface area contributed by atoms with Crippen molar-refractivity contribution < 1.29 is 0 Å². The summed E-state index contributed by atoms with van der Waals surface area (Å²) in [5, 5.41) is 8.21. The second kappa shape index (κ2) is 7.03. The van der Waals surface area contributed by atoms with Crippen LogP contribution in [0.4, 0.5) is 0 Å². The van der Waals surface area contributed by atoms with Crippen LogP contribution < -0.4 is 5.32 Å². The molecule has 0 spiro atoms. The van der Waals surface area contributed by atoms with Crippen LogP contribution in [0.3, 0.4) is 0 Å². The van der Waals surface area contributed by atoms with E-state index in [0.717, 1.165) is 18.0 Å². The largest absolute Gasteiger partial charge is 0.310 e. The van der Waals surface area contributed by atoms with Crippen LogP contribution in [0.2, 0.25) is 0 Å². The van der Waals surface area contributed by atoms with Crippen molar-refractivity contribution in [2.24, 2.45) is 5.92 Å². The Morgan fingerprint density at radius 3 is 2.95 bits per heavy atom. The summed E-state index contributed by atoms with van der Waals surface area (Å²) in [5.41, 5.74) is 2.45. The van der Waals surface area contributed by atoms with Crippen molar-refractivity contribution in [2.45, 2.75) is 57.9 Å². The number of hydrogen-bond acceptors (Lipinski definition) is 3. The first kappa shape index (κ1) is 14.5. The standard InChI is InChI=1S/C17H26N4/c1-2-8-19-16(11-14-6-4-3-5-7-14)15-12-20-21-10-9-18-13-17(15)21/h9-10,12-14,16,19H,2-8,11H2,1H3. The molecule has 1 aliphatic carbocycles. The molecule has 1 fully saturated rings. The zero-order chi connectivity index (χ0) is 14.5. The maximum Gasteiger partial charge on any atom is 0.0892 e. The van der Waals surface area contributed by atoms with Gasteiger partial charge in [0.2, 0.25) is 0 Å². The third-order valence-corrected chi connectivity index (χ3v) is 4.66. The van der Waals surface area contributed by atoms with Gasteiger partial charge in [0.15, 0.2) is 0 Å². The van der Waals surface area contributed by atoms with Crippen molar-refractivity contribution in [1.82, 2.24) is 19.9 Å².